The summed E-state index contributed by atoms with van der Waals surface area (Å²) in [6.07, 6.45) is 8.81. The summed E-state index contributed by atoms with van der Waals surface area (Å²) < 4.78 is 0. The quantitative estimate of drug-likeness (QED) is 0.245. The first kappa shape index (κ1) is 24.8. The Labute approximate surface area is 158 Å². The van der Waals surface area contributed by atoms with Crippen LogP contribution in [0.2, 0.25) is 0 Å². The molecule has 0 aliphatic heterocycles. The molecule has 0 spiro atoms. The second-order valence-electron chi connectivity index (χ2n) is 5.41. The molecular formula is C17H31Cl2N5. The van der Waals surface area contributed by atoms with Gasteiger partial charge >= 0.3 is 0 Å². The van der Waals surface area contributed by atoms with Gasteiger partial charge in [0.2, 0.25) is 0 Å². The predicted octanol–water partition coefficient (Wildman–Crippen LogP) is 4.74. The van der Waals surface area contributed by atoms with Crippen molar-refractivity contribution in [3.63, 3.8) is 0 Å². The second-order valence-corrected chi connectivity index (χ2v) is 5.41. The van der Waals surface area contributed by atoms with Crippen molar-refractivity contribution in [1.29, 1.82) is 10.8 Å². The van der Waals surface area contributed by atoms with Crippen LogP contribution in [0.5, 0.6) is 0 Å². The molecule has 0 aliphatic rings. The highest BCUT2D eigenvalue weighted by molar-refractivity contribution is 6.02. The first-order valence-corrected chi connectivity index (χ1v) is 8.22. The largest absolute Gasteiger partial charge is 0.356 e. The smallest absolute Gasteiger partial charge is 0.199 e. The molecule has 0 saturated heterocycles. The van der Waals surface area contributed by atoms with Crippen molar-refractivity contribution < 1.29 is 0 Å². The van der Waals surface area contributed by atoms with Crippen molar-refractivity contribution in [2.75, 3.05) is 11.9 Å². The minimum Gasteiger partial charge on any atom is -0.356 e. The number of nitrogens with one attached hydrogen (secondary N) is 5. The summed E-state index contributed by atoms with van der Waals surface area (Å²) in [4.78, 5) is 0. The first-order valence-electron chi connectivity index (χ1n) is 8.22. The van der Waals surface area contributed by atoms with E-state index in [1.807, 2.05) is 30.3 Å². The Morgan fingerprint density at radius 1 is 0.833 bits per heavy atom. The van der Waals surface area contributed by atoms with Gasteiger partial charge in [-0.15, -0.1) is 24.8 Å². The Bertz CT molecular complexity index is 440. The predicted molar refractivity (Wildman–Crippen MR) is 109 cm³/mol. The Balaban J connectivity index is 0. The van der Waals surface area contributed by atoms with Gasteiger partial charge in [0.25, 0.3) is 0 Å². The van der Waals surface area contributed by atoms with Crippen LogP contribution in [0.1, 0.15) is 51.9 Å². The zero-order valence-corrected chi connectivity index (χ0v) is 16.0. The van der Waals surface area contributed by atoms with Crippen LogP contribution >= 0.6 is 24.8 Å². The first-order chi connectivity index (χ1) is 10.7. The number of para-hydroxylation sites is 1. The van der Waals surface area contributed by atoms with E-state index in [9.17, 15) is 0 Å². The number of rotatable bonds is 9. The number of unbranched alkanes of at least 4 members (excludes halogenated alkanes) is 6. The van der Waals surface area contributed by atoms with Gasteiger partial charge in [0, 0.05) is 12.2 Å². The van der Waals surface area contributed by atoms with E-state index in [0.717, 1.165) is 18.7 Å². The van der Waals surface area contributed by atoms with Crippen LogP contribution in [0, 0.1) is 10.8 Å². The standard InChI is InChI=1S/C17H29N5.2ClH/c1-2-3-4-5-6-7-11-14-20-16(18)22-17(19)21-15-12-9-8-10-13-15;;/h8-10,12-13H,2-7,11,14H2,1H3,(H5,18,19,20,21,22);2*1H. The highest BCUT2D eigenvalue weighted by Gasteiger charge is 2.00. The fourth-order valence-corrected chi connectivity index (χ4v) is 2.16. The summed E-state index contributed by atoms with van der Waals surface area (Å²) in [5, 5.41) is 24.1. The average Bonchev–Trinajstić information content (AvgIpc) is 2.50. The lowest BCUT2D eigenvalue weighted by atomic mass is 10.1. The summed E-state index contributed by atoms with van der Waals surface area (Å²) in [5.74, 6) is 0.266. The Hall–Kier alpha value is -1.46. The number of hydrogen-bond donors (Lipinski definition) is 5. The van der Waals surface area contributed by atoms with Gasteiger partial charge in [-0.1, -0.05) is 63.6 Å². The molecule has 0 bridgehead atoms. The summed E-state index contributed by atoms with van der Waals surface area (Å²) in [6, 6.07) is 9.49. The minimum atomic E-state index is 0. The van der Waals surface area contributed by atoms with Gasteiger partial charge in [-0.2, -0.15) is 0 Å². The molecule has 0 aliphatic carbocycles. The SMILES string of the molecule is CCCCCCCCCNC(=N)NC(=N)Nc1ccccc1.Cl.Cl. The van der Waals surface area contributed by atoms with Crippen LogP contribution in [0.25, 0.3) is 0 Å². The monoisotopic (exact) mass is 375 g/mol. The molecule has 0 fully saturated rings. The summed E-state index contributed by atoms with van der Waals surface area (Å²) in [6.45, 7) is 3.00. The van der Waals surface area contributed by atoms with Crippen molar-refractivity contribution in [2.45, 2.75) is 51.9 Å². The molecule has 0 aromatic heterocycles. The maximum atomic E-state index is 7.76. The second kappa shape index (κ2) is 16.4. The Morgan fingerprint density at radius 3 is 2.04 bits per heavy atom. The third-order valence-electron chi connectivity index (χ3n) is 3.38. The van der Waals surface area contributed by atoms with Crippen LogP contribution in [0.15, 0.2) is 30.3 Å². The molecule has 0 heterocycles. The van der Waals surface area contributed by atoms with Crippen LogP contribution in [0.3, 0.4) is 0 Å². The van der Waals surface area contributed by atoms with Crippen molar-refractivity contribution in [3.8, 4) is 0 Å². The van der Waals surface area contributed by atoms with E-state index in [2.05, 4.69) is 22.9 Å². The summed E-state index contributed by atoms with van der Waals surface area (Å²) in [5.41, 5.74) is 0.833. The molecule has 1 aromatic rings. The third-order valence-corrected chi connectivity index (χ3v) is 3.38. The van der Waals surface area contributed by atoms with E-state index < -0.39 is 0 Å². The van der Waals surface area contributed by atoms with Crippen molar-refractivity contribution in [2.24, 2.45) is 0 Å². The molecule has 5 nitrogen and oxygen atoms in total. The van der Waals surface area contributed by atoms with E-state index in [1.54, 1.807) is 0 Å². The number of hydrogen-bond acceptors (Lipinski definition) is 2. The lowest BCUT2D eigenvalue weighted by Gasteiger charge is -2.12. The fourth-order valence-electron chi connectivity index (χ4n) is 2.16. The molecule has 0 saturated carbocycles. The minimum absolute atomic E-state index is 0. The molecule has 0 atom stereocenters. The van der Waals surface area contributed by atoms with Crippen LogP contribution in [-0.2, 0) is 0 Å². The van der Waals surface area contributed by atoms with E-state index >= 15 is 0 Å². The number of anilines is 1. The molecule has 1 rings (SSSR count). The summed E-state index contributed by atoms with van der Waals surface area (Å²) >= 11 is 0. The fraction of sp³-hybridized carbons (Fsp3) is 0.529. The van der Waals surface area contributed by atoms with E-state index in [4.69, 9.17) is 10.8 Å². The lowest BCUT2D eigenvalue weighted by molar-refractivity contribution is 0.584. The van der Waals surface area contributed by atoms with E-state index in [1.165, 1.54) is 38.5 Å². The molecule has 0 radical (unpaired) electrons. The van der Waals surface area contributed by atoms with Crippen LogP contribution in [-0.4, -0.2) is 18.5 Å². The highest BCUT2D eigenvalue weighted by atomic mass is 35.5. The van der Waals surface area contributed by atoms with Crippen LogP contribution < -0.4 is 16.0 Å². The zero-order valence-electron chi connectivity index (χ0n) is 14.4. The topological polar surface area (TPSA) is 83.8 Å². The number of guanidine groups is 2. The summed E-state index contributed by atoms with van der Waals surface area (Å²) in [7, 11) is 0. The van der Waals surface area contributed by atoms with Gasteiger partial charge in [-0.3, -0.25) is 16.1 Å². The molecule has 1 aromatic carbocycles. The highest BCUT2D eigenvalue weighted by Crippen LogP contribution is 2.06. The van der Waals surface area contributed by atoms with E-state index in [0.29, 0.717) is 0 Å². The zero-order chi connectivity index (χ0) is 16.0. The lowest BCUT2D eigenvalue weighted by Crippen LogP contribution is -2.43. The molecule has 7 heteroatoms. The van der Waals surface area contributed by atoms with Gasteiger partial charge in [0.05, 0.1) is 0 Å². The van der Waals surface area contributed by atoms with Crippen LogP contribution in [0.4, 0.5) is 5.69 Å². The average molecular weight is 376 g/mol. The maximum absolute atomic E-state index is 7.76. The molecule has 24 heavy (non-hydrogen) atoms. The van der Waals surface area contributed by atoms with Crippen molar-refractivity contribution >= 4 is 42.4 Å². The normalized spacial score (nSPS) is 9.21. The molecule has 5 N–H and O–H groups in total. The van der Waals surface area contributed by atoms with Gasteiger partial charge in [-0.25, -0.2) is 0 Å². The molecule has 138 valence electrons. The van der Waals surface area contributed by atoms with Crippen molar-refractivity contribution in [1.82, 2.24) is 10.6 Å². The van der Waals surface area contributed by atoms with Gasteiger partial charge in [0.15, 0.2) is 11.9 Å². The number of benzene rings is 1. The molecule has 0 unspecified atom stereocenters. The van der Waals surface area contributed by atoms with Gasteiger partial charge in [-0.05, 0) is 18.6 Å². The Morgan fingerprint density at radius 2 is 1.42 bits per heavy atom. The van der Waals surface area contributed by atoms with Gasteiger partial charge < -0.3 is 10.6 Å². The maximum Gasteiger partial charge on any atom is 0.199 e. The van der Waals surface area contributed by atoms with E-state index in [-0.39, 0.29) is 36.7 Å². The number of halogens is 2. The van der Waals surface area contributed by atoms with Gasteiger partial charge in [0.1, 0.15) is 0 Å². The van der Waals surface area contributed by atoms with Crippen molar-refractivity contribution in [3.05, 3.63) is 30.3 Å². The Kier molecular flexibility index (Phi) is 16.9. The molecular weight excluding hydrogens is 345 g/mol. The molecule has 0 amide bonds. The third kappa shape index (κ3) is 13.0.